The Labute approximate surface area is 217 Å². The maximum atomic E-state index is 13.6. The first kappa shape index (κ1) is 26.5. The Hall–Kier alpha value is -2.53. The molecule has 36 heavy (non-hydrogen) atoms. The molecule has 1 aliphatic rings. The fraction of sp³-hybridized carbons (Fsp3) is 0.462. The first-order chi connectivity index (χ1) is 17.2. The van der Waals surface area contributed by atoms with Crippen molar-refractivity contribution in [3.8, 4) is 5.75 Å². The fourth-order valence-electron chi connectivity index (χ4n) is 4.46. The first-order valence-electron chi connectivity index (χ1n) is 12.2. The van der Waals surface area contributed by atoms with E-state index in [1.165, 1.54) is 11.3 Å². The molecule has 1 fully saturated rings. The van der Waals surface area contributed by atoms with Gasteiger partial charge in [-0.15, -0.1) is 0 Å². The Kier molecular flexibility index (Phi) is 8.29. The summed E-state index contributed by atoms with van der Waals surface area (Å²) < 4.78 is 34.3. The van der Waals surface area contributed by atoms with Gasteiger partial charge in [-0.2, -0.15) is 4.31 Å². The van der Waals surface area contributed by atoms with Gasteiger partial charge in [0.05, 0.1) is 22.2 Å². The Morgan fingerprint density at radius 2 is 1.89 bits per heavy atom. The van der Waals surface area contributed by atoms with Crippen molar-refractivity contribution in [2.24, 2.45) is 0 Å². The highest BCUT2D eigenvalue weighted by molar-refractivity contribution is 7.89. The molecular weight excluding hydrogens is 496 g/mol. The number of thiazole rings is 1. The lowest BCUT2D eigenvalue weighted by molar-refractivity contribution is 0.0986. The van der Waals surface area contributed by atoms with E-state index in [2.05, 4.69) is 4.90 Å². The molecule has 2 aromatic carbocycles. The third-order valence-corrected chi connectivity index (χ3v) is 9.58. The number of carbonyl (C=O) groups excluding carboxylic acids is 1. The van der Waals surface area contributed by atoms with Crippen molar-refractivity contribution in [1.29, 1.82) is 0 Å². The minimum absolute atomic E-state index is 0.0186. The smallest absolute Gasteiger partial charge is 0.260 e. The van der Waals surface area contributed by atoms with Gasteiger partial charge >= 0.3 is 0 Å². The van der Waals surface area contributed by atoms with E-state index in [1.54, 1.807) is 40.6 Å². The largest absolute Gasteiger partial charge is 0.497 e. The van der Waals surface area contributed by atoms with Crippen molar-refractivity contribution in [2.45, 2.75) is 43.5 Å². The van der Waals surface area contributed by atoms with Crippen LogP contribution < -0.4 is 9.64 Å². The van der Waals surface area contributed by atoms with Crippen LogP contribution in [0.4, 0.5) is 5.13 Å². The Morgan fingerprint density at radius 3 is 2.56 bits per heavy atom. The second kappa shape index (κ2) is 11.2. The molecule has 0 bridgehead atoms. The number of benzene rings is 2. The number of rotatable bonds is 9. The van der Waals surface area contributed by atoms with E-state index in [-0.39, 0.29) is 16.8 Å². The zero-order valence-corrected chi connectivity index (χ0v) is 22.9. The minimum Gasteiger partial charge on any atom is -0.497 e. The van der Waals surface area contributed by atoms with Gasteiger partial charge in [-0.3, -0.25) is 9.69 Å². The summed E-state index contributed by atoms with van der Waals surface area (Å²) in [5.74, 6) is 0.514. The molecule has 3 aromatic rings. The maximum absolute atomic E-state index is 13.6. The molecule has 4 rings (SSSR count). The van der Waals surface area contributed by atoms with E-state index >= 15 is 0 Å². The number of carbonyl (C=O) groups is 1. The zero-order chi connectivity index (χ0) is 25.9. The minimum atomic E-state index is -3.59. The van der Waals surface area contributed by atoms with Crippen LogP contribution in [0.2, 0.25) is 0 Å². The van der Waals surface area contributed by atoms with Crippen LogP contribution in [0.1, 0.15) is 43.0 Å². The number of amides is 1. The van der Waals surface area contributed by atoms with Crippen molar-refractivity contribution in [3.05, 3.63) is 48.0 Å². The second-order valence-electron chi connectivity index (χ2n) is 9.43. The van der Waals surface area contributed by atoms with E-state index in [0.29, 0.717) is 29.5 Å². The number of piperidine rings is 1. The zero-order valence-electron chi connectivity index (χ0n) is 21.3. The molecule has 1 amide bonds. The SMILES string of the molecule is COc1ccc2sc(N(CCCN(C)C)C(=O)c3ccc(S(=O)(=O)N4CCCCC4C)cc3)nc2c1. The summed E-state index contributed by atoms with van der Waals surface area (Å²) in [7, 11) is 2.02. The molecule has 0 N–H and O–H groups in total. The quantitative estimate of drug-likeness (QED) is 0.406. The van der Waals surface area contributed by atoms with Crippen molar-refractivity contribution in [1.82, 2.24) is 14.2 Å². The van der Waals surface area contributed by atoms with Crippen molar-refractivity contribution in [2.75, 3.05) is 45.7 Å². The topological polar surface area (TPSA) is 83.0 Å². The van der Waals surface area contributed by atoms with E-state index in [0.717, 1.165) is 42.4 Å². The summed E-state index contributed by atoms with van der Waals surface area (Å²) in [6.45, 7) is 3.81. The molecular formula is C26H34N4O4S2. The summed E-state index contributed by atoms with van der Waals surface area (Å²) in [5, 5.41) is 0.612. The first-order valence-corrected chi connectivity index (χ1v) is 14.5. The highest BCUT2D eigenvalue weighted by Crippen LogP contribution is 2.32. The van der Waals surface area contributed by atoms with Crippen molar-refractivity contribution in [3.63, 3.8) is 0 Å². The summed E-state index contributed by atoms with van der Waals surface area (Å²) in [4.78, 5) is 22.3. The number of hydrogen-bond acceptors (Lipinski definition) is 7. The number of methoxy groups -OCH3 is 1. The maximum Gasteiger partial charge on any atom is 0.260 e. The Morgan fingerprint density at radius 1 is 1.14 bits per heavy atom. The average Bonchev–Trinajstić information content (AvgIpc) is 3.29. The molecule has 1 unspecified atom stereocenters. The number of fused-ring (bicyclic) bond motifs is 1. The second-order valence-corrected chi connectivity index (χ2v) is 12.3. The van der Waals surface area contributed by atoms with Gasteiger partial charge in [0.2, 0.25) is 10.0 Å². The number of sulfonamides is 1. The molecule has 0 aliphatic carbocycles. The molecule has 1 saturated heterocycles. The lowest BCUT2D eigenvalue weighted by Crippen LogP contribution is -2.41. The van der Waals surface area contributed by atoms with Crippen LogP contribution in [0.25, 0.3) is 10.2 Å². The van der Waals surface area contributed by atoms with Crippen LogP contribution in [-0.2, 0) is 10.0 Å². The van der Waals surface area contributed by atoms with Crippen LogP contribution in [0, 0.1) is 0 Å². The van der Waals surface area contributed by atoms with Crippen LogP contribution >= 0.6 is 11.3 Å². The van der Waals surface area contributed by atoms with Crippen molar-refractivity contribution >= 4 is 42.6 Å². The molecule has 8 nitrogen and oxygen atoms in total. The highest BCUT2D eigenvalue weighted by Gasteiger charge is 2.31. The number of nitrogens with zero attached hydrogens (tertiary/aromatic N) is 4. The predicted molar refractivity (Wildman–Crippen MR) is 145 cm³/mol. The molecule has 0 radical (unpaired) electrons. The van der Waals surface area contributed by atoms with Crippen LogP contribution in [0.15, 0.2) is 47.4 Å². The van der Waals surface area contributed by atoms with Gasteiger partial charge in [0.1, 0.15) is 5.75 Å². The monoisotopic (exact) mass is 530 g/mol. The molecule has 1 aromatic heterocycles. The molecule has 194 valence electrons. The van der Waals surface area contributed by atoms with Gasteiger partial charge in [-0.05, 0) is 83.2 Å². The average molecular weight is 531 g/mol. The summed E-state index contributed by atoms with van der Waals surface area (Å²) in [6, 6.07) is 12.0. The van der Waals surface area contributed by atoms with Crippen LogP contribution in [0.3, 0.4) is 0 Å². The number of anilines is 1. The highest BCUT2D eigenvalue weighted by atomic mass is 32.2. The molecule has 0 spiro atoms. The van der Waals surface area contributed by atoms with E-state index < -0.39 is 10.0 Å². The number of ether oxygens (including phenoxy) is 1. The van der Waals surface area contributed by atoms with Gasteiger partial charge in [0.15, 0.2) is 5.13 Å². The number of aromatic nitrogens is 1. The van der Waals surface area contributed by atoms with Gasteiger partial charge in [-0.25, -0.2) is 13.4 Å². The van der Waals surface area contributed by atoms with Gasteiger partial charge in [0, 0.05) is 30.8 Å². The third kappa shape index (κ3) is 5.72. The molecule has 1 aliphatic heterocycles. The fourth-order valence-corrected chi connectivity index (χ4v) is 7.13. The van der Waals surface area contributed by atoms with E-state index in [1.807, 2.05) is 39.2 Å². The van der Waals surface area contributed by atoms with E-state index in [9.17, 15) is 13.2 Å². The normalized spacial score (nSPS) is 17.0. The summed E-state index contributed by atoms with van der Waals surface area (Å²) in [6.07, 6.45) is 3.56. The summed E-state index contributed by atoms with van der Waals surface area (Å²) in [5.41, 5.74) is 1.21. The number of hydrogen-bond donors (Lipinski definition) is 0. The van der Waals surface area contributed by atoms with E-state index in [4.69, 9.17) is 9.72 Å². The molecule has 0 saturated carbocycles. The lowest BCUT2D eigenvalue weighted by atomic mass is 10.1. The molecule has 2 heterocycles. The lowest BCUT2D eigenvalue weighted by Gasteiger charge is -2.32. The molecule has 1 atom stereocenters. The van der Waals surface area contributed by atoms with Gasteiger partial charge in [0.25, 0.3) is 5.91 Å². The van der Waals surface area contributed by atoms with Crippen molar-refractivity contribution < 1.29 is 17.9 Å². The third-order valence-electron chi connectivity index (χ3n) is 6.50. The van der Waals surface area contributed by atoms with Crippen LogP contribution in [0.5, 0.6) is 5.75 Å². The van der Waals surface area contributed by atoms with Gasteiger partial charge in [-0.1, -0.05) is 17.8 Å². The standard InChI is InChI=1S/C26H34N4O4S2/c1-19-8-5-6-17-30(19)36(32,33)22-12-9-20(10-13-22)25(31)29(16-7-15-28(2)3)26-27-23-18-21(34-4)11-14-24(23)35-26/h9-14,18-19H,5-8,15-17H2,1-4H3. The summed E-state index contributed by atoms with van der Waals surface area (Å²) >= 11 is 1.46. The predicted octanol–water partition coefficient (Wildman–Crippen LogP) is 4.47. The Bertz CT molecular complexity index is 1310. The molecule has 10 heteroatoms. The van der Waals surface area contributed by atoms with Crippen LogP contribution in [-0.4, -0.2) is 75.4 Å². The Balaban J connectivity index is 1.61. The van der Waals surface area contributed by atoms with Gasteiger partial charge < -0.3 is 9.64 Å².